The van der Waals surface area contributed by atoms with E-state index in [0.717, 1.165) is 22.0 Å². The van der Waals surface area contributed by atoms with Gasteiger partial charge in [0.2, 0.25) is 0 Å². The molecule has 6 aromatic rings. The molecule has 0 aliphatic rings. The molecule has 3 N–H and O–H groups in total. The molecule has 0 saturated carbocycles. The highest BCUT2D eigenvalue weighted by Crippen LogP contribution is 2.32. The molecule has 8 nitrogen and oxygen atoms in total. The lowest BCUT2D eigenvalue weighted by Gasteiger charge is -2.02. The monoisotopic (exact) mass is 423 g/mol. The Bertz CT molecular complexity index is 1620. The summed E-state index contributed by atoms with van der Waals surface area (Å²) in [6.45, 7) is 0. The minimum Gasteiger partial charge on any atom is -0.506 e. The summed E-state index contributed by atoms with van der Waals surface area (Å²) in [5.74, 6) is 0.269. The van der Waals surface area contributed by atoms with Crippen LogP contribution in [-0.2, 0) is 0 Å². The second kappa shape index (κ2) is 6.95. The number of rotatable bonds is 3. The number of benzene rings is 1. The van der Waals surface area contributed by atoms with E-state index in [4.69, 9.17) is 0 Å². The summed E-state index contributed by atoms with van der Waals surface area (Å²) in [6, 6.07) is 11.7. The molecule has 0 aliphatic heterocycles. The number of aromatic amines is 2. The Labute approximate surface area is 179 Å². The Morgan fingerprint density at radius 1 is 0.938 bits per heavy atom. The molecule has 0 amide bonds. The van der Waals surface area contributed by atoms with Crippen LogP contribution in [0.1, 0.15) is 0 Å². The summed E-state index contributed by atoms with van der Waals surface area (Å²) in [7, 11) is 0. The first-order valence-corrected chi connectivity index (χ1v) is 9.75. The molecule has 0 fully saturated rings. The van der Waals surface area contributed by atoms with Gasteiger partial charge in [0.1, 0.15) is 17.3 Å². The van der Waals surface area contributed by atoms with Crippen LogP contribution in [0.15, 0.2) is 67.3 Å². The Balaban J connectivity index is 1.51. The van der Waals surface area contributed by atoms with Crippen LogP contribution >= 0.6 is 0 Å². The lowest BCUT2D eigenvalue weighted by atomic mass is 10.1. The number of aromatic hydroxyl groups is 1. The Kier molecular flexibility index (Phi) is 3.94. The van der Waals surface area contributed by atoms with Gasteiger partial charge >= 0.3 is 0 Å². The predicted octanol–water partition coefficient (Wildman–Crippen LogP) is 4.47. The molecule has 1 aromatic carbocycles. The third-order valence-electron chi connectivity index (χ3n) is 5.22. The number of H-pyrrole nitrogens is 2. The lowest BCUT2D eigenvalue weighted by molar-refractivity contribution is 0.473. The minimum atomic E-state index is -0.313. The van der Waals surface area contributed by atoms with Gasteiger partial charge in [0.05, 0.1) is 29.1 Å². The van der Waals surface area contributed by atoms with Gasteiger partial charge < -0.3 is 10.1 Å². The number of hydrogen-bond acceptors (Lipinski definition) is 6. The van der Waals surface area contributed by atoms with E-state index in [0.29, 0.717) is 33.9 Å². The molecule has 6 rings (SSSR count). The summed E-state index contributed by atoms with van der Waals surface area (Å²) >= 11 is 0. The van der Waals surface area contributed by atoms with Gasteiger partial charge in [-0.3, -0.25) is 15.1 Å². The third-order valence-corrected chi connectivity index (χ3v) is 5.22. The maximum atomic E-state index is 13.8. The average Bonchev–Trinajstić information content (AvgIpc) is 3.42. The topological polar surface area (TPSA) is 116 Å². The maximum Gasteiger partial charge on any atom is 0.178 e. The summed E-state index contributed by atoms with van der Waals surface area (Å²) < 4.78 is 13.8. The molecular formula is C23H14FN7O. The van der Waals surface area contributed by atoms with Crippen LogP contribution in [0.2, 0.25) is 0 Å². The van der Waals surface area contributed by atoms with Crippen molar-refractivity contribution in [3.63, 3.8) is 0 Å². The van der Waals surface area contributed by atoms with Gasteiger partial charge in [-0.15, -0.1) is 0 Å². The lowest BCUT2D eigenvalue weighted by Crippen LogP contribution is -1.86. The Hall–Kier alpha value is -4.66. The van der Waals surface area contributed by atoms with E-state index in [9.17, 15) is 9.50 Å². The Morgan fingerprint density at radius 3 is 2.75 bits per heavy atom. The summed E-state index contributed by atoms with van der Waals surface area (Å²) in [5.41, 5.74) is 5.36. The molecule has 0 saturated heterocycles. The molecule has 5 heterocycles. The molecule has 154 valence electrons. The van der Waals surface area contributed by atoms with E-state index in [1.165, 1.54) is 18.3 Å². The highest BCUT2D eigenvalue weighted by Gasteiger charge is 2.17. The van der Waals surface area contributed by atoms with Gasteiger partial charge in [-0.05, 0) is 35.9 Å². The first kappa shape index (κ1) is 18.1. The van der Waals surface area contributed by atoms with E-state index in [-0.39, 0.29) is 11.6 Å². The molecule has 0 bridgehead atoms. The summed E-state index contributed by atoms with van der Waals surface area (Å²) in [5, 5.41) is 17.9. The third kappa shape index (κ3) is 2.95. The van der Waals surface area contributed by atoms with Crippen molar-refractivity contribution >= 4 is 22.1 Å². The van der Waals surface area contributed by atoms with E-state index in [1.807, 2.05) is 18.2 Å². The largest absolute Gasteiger partial charge is 0.506 e. The molecule has 0 aliphatic carbocycles. The molecule has 0 radical (unpaired) electrons. The van der Waals surface area contributed by atoms with Crippen molar-refractivity contribution in [1.29, 1.82) is 0 Å². The normalized spacial score (nSPS) is 11.4. The fraction of sp³-hybridized carbons (Fsp3) is 0. The van der Waals surface area contributed by atoms with Crippen molar-refractivity contribution < 1.29 is 9.50 Å². The molecule has 5 aromatic heterocycles. The highest BCUT2D eigenvalue weighted by atomic mass is 19.1. The smallest absolute Gasteiger partial charge is 0.178 e. The number of aromatic nitrogens is 7. The number of pyridine rings is 3. The molecule has 0 unspecified atom stereocenters. The Morgan fingerprint density at radius 2 is 1.88 bits per heavy atom. The van der Waals surface area contributed by atoms with Gasteiger partial charge in [0.15, 0.2) is 11.5 Å². The fourth-order valence-corrected chi connectivity index (χ4v) is 3.74. The van der Waals surface area contributed by atoms with E-state index in [1.54, 1.807) is 30.7 Å². The number of imidazole rings is 1. The van der Waals surface area contributed by atoms with Crippen molar-refractivity contribution in [3.05, 3.63) is 73.1 Å². The van der Waals surface area contributed by atoms with Crippen molar-refractivity contribution in [1.82, 2.24) is 35.1 Å². The van der Waals surface area contributed by atoms with Crippen LogP contribution in [-0.4, -0.2) is 40.2 Å². The van der Waals surface area contributed by atoms with Crippen LogP contribution in [0, 0.1) is 5.82 Å². The number of nitrogens with one attached hydrogen (secondary N) is 2. The summed E-state index contributed by atoms with van der Waals surface area (Å²) in [4.78, 5) is 20.7. The van der Waals surface area contributed by atoms with Crippen molar-refractivity contribution in [2.75, 3.05) is 0 Å². The molecule has 0 spiro atoms. The highest BCUT2D eigenvalue weighted by molar-refractivity contribution is 5.96. The second-order valence-corrected chi connectivity index (χ2v) is 7.27. The molecule has 32 heavy (non-hydrogen) atoms. The maximum absolute atomic E-state index is 13.8. The zero-order chi connectivity index (χ0) is 21.7. The average molecular weight is 423 g/mol. The van der Waals surface area contributed by atoms with Gasteiger partial charge in [0.25, 0.3) is 0 Å². The number of halogens is 1. The van der Waals surface area contributed by atoms with E-state index >= 15 is 0 Å². The number of hydrogen-bond donors (Lipinski definition) is 3. The standard InChI is InChI=1S/C23H14FN7O/c24-14-3-1-2-12(6-14)16-4-5-26-22-20(16)28-23(29-22)21-17-8-18(27-11-19(17)30-31-21)13-7-15(32)10-25-9-13/h1-11,32H,(H,30,31)(H,26,28,29). The summed E-state index contributed by atoms with van der Waals surface area (Å²) in [6.07, 6.45) is 6.31. The van der Waals surface area contributed by atoms with Crippen molar-refractivity contribution in [2.45, 2.75) is 0 Å². The van der Waals surface area contributed by atoms with Crippen LogP contribution in [0.3, 0.4) is 0 Å². The van der Waals surface area contributed by atoms with Crippen molar-refractivity contribution in [3.8, 4) is 39.7 Å². The van der Waals surface area contributed by atoms with Crippen LogP contribution in [0.25, 0.3) is 56.0 Å². The van der Waals surface area contributed by atoms with Crippen molar-refractivity contribution in [2.24, 2.45) is 0 Å². The first-order chi connectivity index (χ1) is 15.7. The van der Waals surface area contributed by atoms with Gasteiger partial charge in [-0.25, -0.2) is 14.4 Å². The van der Waals surface area contributed by atoms with Crippen LogP contribution in [0.4, 0.5) is 4.39 Å². The quantitative estimate of drug-likeness (QED) is 0.387. The minimum absolute atomic E-state index is 0.0602. The first-order valence-electron chi connectivity index (χ1n) is 9.75. The zero-order valence-electron chi connectivity index (χ0n) is 16.4. The van der Waals surface area contributed by atoms with E-state index < -0.39 is 0 Å². The van der Waals surface area contributed by atoms with Crippen LogP contribution in [0.5, 0.6) is 5.75 Å². The fourth-order valence-electron chi connectivity index (χ4n) is 3.74. The molecule has 0 atom stereocenters. The number of fused-ring (bicyclic) bond motifs is 2. The number of nitrogens with zero attached hydrogens (tertiary/aromatic N) is 5. The zero-order valence-corrected chi connectivity index (χ0v) is 16.4. The van der Waals surface area contributed by atoms with Gasteiger partial charge in [-0.2, -0.15) is 5.10 Å². The van der Waals surface area contributed by atoms with Crippen LogP contribution < -0.4 is 0 Å². The van der Waals surface area contributed by atoms with Gasteiger partial charge in [-0.1, -0.05) is 12.1 Å². The molecule has 9 heteroatoms. The second-order valence-electron chi connectivity index (χ2n) is 7.27. The van der Waals surface area contributed by atoms with Gasteiger partial charge in [0, 0.05) is 28.9 Å². The SMILES string of the molecule is Oc1cncc(-c2cc3c(-c4nc5nccc(-c6cccc(F)c6)c5[nH]4)n[nH]c3cn2)c1. The molecular weight excluding hydrogens is 409 g/mol. The van der Waals surface area contributed by atoms with E-state index in [2.05, 4.69) is 35.1 Å². The predicted molar refractivity (Wildman–Crippen MR) is 117 cm³/mol.